The van der Waals surface area contributed by atoms with Gasteiger partial charge in [0.15, 0.2) is 5.79 Å². The molecule has 0 radical (unpaired) electrons. The predicted octanol–water partition coefficient (Wildman–Crippen LogP) is 2.09. The summed E-state index contributed by atoms with van der Waals surface area (Å²) in [6.45, 7) is 2.98. The van der Waals surface area contributed by atoms with E-state index < -0.39 is 57.0 Å². The minimum atomic E-state index is -5.83. The molecule has 28 heavy (non-hydrogen) atoms. The number of hydrogen-bond acceptors (Lipinski definition) is 8. The summed E-state index contributed by atoms with van der Waals surface area (Å²) in [5.74, 6) is -1.31. The van der Waals surface area contributed by atoms with Crippen molar-refractivity contribution in [3.05, 3.63) is 29.8 Å². The molecule has 8 nitrogen and oxygen atoms in total. The van der Waals surface area contributed by atoms with E-state index in [4.69, 9.17) is 13.7 Å². The number of benzene rings is 1. The van der Waals surface area contributed by atoms with E-state index in [1.165, 1.54) is 26.0 Å². The molecule has 13 heteroatoms. The van der Waals surface area contributed by atoms with Crippen LogP contribution in [0.15, 0.2) is 29.2 Å². The highest BCUT2D eigenvalue weighted by Crippen LogP contribution is 2.31. The molecule has 1 aliphatic rings. The lowest BCUT2D eigenvalue weighted by Crippen LogP contribution is -2.35. The third-order valence-electron chi connectivity index (χ3n) is 3.65. The highest BCUT2D eigenvalue weighted by molar-refractivity contribution is 7.87. The van der Waals surface area contributed by atoms with Crippen LogP contribution in [0.5, 0.6) is 0 Å². The minimum Gasteiger partial charge on any atom is -0.342 e. The maximum Gasteiger partial charge on any atom is 0.523 e. The van der Waals surface area contributed by atoms with Crippen LogP contribution in [0.3, 0.4) is 0 Å². The molecular weight excluding hydrogens is 429 g/mol. The number of alkyl halides is 3. The first-order valence-electron chi connectivity index (χ1n) is 7.90. The van der Waals surface area contributed by atoms with E-state index in [1.54, 1.807) is 19.1 Å². The number of aryl methyl sites for hydroxylation is 1. The molecule has 1 heterocycles. The summed E-state index contributed by atoms with van der Waals surface area (Å²) in [6, 6.07) is 5.79. The first-order valence-corrected chi connectivity index (χ1v) is 10.7. The molecule has 1 fully saturated rings. The Kier molecular flexibility index (Phi) is 6.48. The van der Waals surface area contributed by atoms with E-state index in [0.717, 1.165) is 5.56 Å². The van der Waals surface area contributed by atoms with Crippen molar-refractivity contribution < 1.29 is 47.8 Å². The van der Waals surface area contributed by atoms with Crippen molar-refractivity contribution in [2.45, 2.75) is 49.2 Å². The molecule has 0 bridgehead atoms. The van der Waals surface area contributed by atoms with Gasteiger partial charge in [-0.15, -0.1) is 0 Å². The smallest absolute Gasteiger partial charge is 0.342 e. The maximum absolute atomic E-state index is 12.4. The Morgan fingerprint density at radius 2 is 1.43 bits per heavy atom. The first-order chi connectivity index (χ1) is 12.6. The van der Waals surface area contributed by atoms with Crippen LogP contribution in [0.25, 0.3) is 0 Å². The van der Waals surface area contributed by atoms with Crippen LogP contribution in [-0.2, 0) is 38.1 Å². The lowest BCUT2D eigenvalue weighted by atomic mass is 10.2. The fourth-order valence-corrected chi connectivity index (χ4v) is 3.71. The van der Waals surface area contributed by atoms with Crippen LogP contribution in [0, 0.1) is 6.92 Å². The Morgan fingerprint density at radius 1 is 0.964 bits per heavy atom. The minimum absolute atomic E-state index is 0.122. The van der Waals surface area contributed by atoms with Gasteiger partial charge in [-0.05, 0) is 32.9 Å². The summed E-state index contributed by atoms with van der Waals surface area (Å²) in [5.41, 5.74) is -4.76. The van der Waals surface area contributed by atoms with Crippen LogP contribution in [0.1, 0.15) is 19.4 Å². The SMILES string of the molecule is Cc1ccc(S(=O)(=O)OC[C@@H]2OC(C)(C)O[C@H]2COS(=O)(=O)C(F)(F)F)cc1. The Bertz CT molecular complexity index is 892. The Hall–Kier alpha value is -1.25. The lowest BCUT2D eigenvalue weighted by Gasteiger charge is -2.17. The molecule has 1 aromatic carbocycles. The number of rotatable bonds is 7. The molecular formula is C15H19F3O8S2. The standard InChI is InChI=1S/C15H19F3O8S2/c1-10-4-6-11(7-5-10)27(19,20)23-8-12-13(26-14(2,3)25-12)9-24-28(21,22)15(16,17)18/h4-7,12-13H,8-9H2,1-3H3/t12-,13-/m0/s1. The second kappa shape index (κ2) is 7.88. The lowest BCUT2D eigenvalue weighted by molar-refractivity contribution is -0.150. The van der Waals surface area contributed by atoms with Crippen LogP contribution in [0.2, 0.25) is 0 Å². The van der Waals surface area contributed by atoms with Gasteiger partial charge in [-0.25, -0.2) is 0 Å². The summed E-state index contributed by atoms with van der Waals surface area (Å²) >= 11 is 0. The molecule has 1 aromatic rings. The van der Waals surface area contributed by atoms with Crippen LogP contribution < -0.4 is 0 Å². The van der Waals surface area contributed by atoms with Gasteiger partial charge in [0.1, 0.15) is 12.2 Å². The monoisotopic (exact) mass is 448 g/mol. The van der Waals surface area contributed by atoms with Gasteiger partial charge in [0.2, 0.25) is 0 Å². The molecule has 160 valence electrons. The normalized spacial score (nSPS) is 23.1. The predicted molar refractivity (Wildman–Crippen MR) is 89.1 cm³/mol. The second-order valence-electron chi connectivity index (χ2n) is 6.45. The molecule has 0 saturated carbocycles. The molecule has 0 aromatic heterocycles. The largest absolute Gasteiger partial charge is 0.523 e. The summed E-state index contributed by atoms with van der Waals surface area (Å²) < 4.78 is 103. The summed E-state index contributed by atoms with van der Waals surface area (Å²) in [6.07, 6.45) is -2.49. The van der Waals surface area contributed by atoms with Crippen molar-refractivity contribution >= 4 is 20.2 Å². The van der Waals surface area contributed by atoms with Gasteiger partial charge in [-0.2, -0.15) is 30.0 Å². The van der Waals surface area contributed by atoms with Gasteiger partial charge >= 0.3 is 15.6 Å². The van der Waals surface area contributed by atoms with Crippen LogP contribution in [0.4, 0.5) is 13.2 Å². The van der Waals surface area contributed by atoms with E-state index in [-0.39, 0.29) is 4.90 Å². The van der Waals surface area contributed by atoms with Crippen molar-refractivity contribution in [3.8, 4) is 0 Å². The van der Waals surface area contributed by atoms with Crippen molar-refractivity contribution in [1.82, 2.24) is 0 Å². The molecule has 1 saturated heterocycles. The molecule has 0 spiro atoms. The summed E-state index contributed by atoms with van der Waals surface area (Å²) in [5, 5.41) is 0. The highest BCUT2D eigenvalue weighted by Gasteiger charge is 2.49. The number of halogens is 3. The van der Waals surface area contributed by atoms with E-state index in [0.29, 0.717) is 0 Å². The fourth-order valence-electron chi connectivity index (χ4n) is 2.34. The molecule has 2 rings (SSSR count). The Morgan fingerprint density at radius 3 is 1.89 bits per heavy atom. The zero-order valence-electron chi connectivity index (χ0n) is 15.1. The van der Waals surface area contributed by atoms with Gasteiger partial charge < -0.3 is 9.47 Å². The van der Waals surface area contributed by atoms with Crippen molar-refractivity contribution in [2.75, 3.05) is 13.2 Å². The average Bonchev–Trinajstić information content (AvgIpc) is 2.85. The van der Waals surface area contributed by atoms with E-state index in [2.05, 4.69) is 4.18 Å². The zero-order chi connectivity index (χ0) is 21.4. The van der Waals surface area contributed by atoms with Gasteiger partial charge in [0.25, 0.3) is 10.1 Å². The quantitative estimate of drug-likeness (QED) is 0.461. The topological polar surface area (TPSA) is 105 Å². The fraction of sp³-hybridized carbons (Fsp3) is 0.600. The van der Waals surface area contributed by atoms with Gasteiger partial charge in [-0.1, -0.05) is 17.7 Å². The van der Waals surface area contributed by atoms with E-state index >= 15 is 0 Å². The first kappa shape index (κ1) is 23.0. The third-order valence-corrected chi connectivity index (χ3v) is 5.96. The number of hydrogen-bond donors (Lipinski definition) is 0. The molecule has 0 unspecified atom stereocenters. The summed E-state index contributed by atoms with van der Waals surface area (Å²) in [7, 11) is -10.00. The Balaban J connectivity index is 2.06. The highest BCUT2D eigenvalue weighted by atomic mass is 32.2. The van der Waals surface area contributed by atoms with Gasteiger partial charge in [0, 0.05) is 0 Å². The summed E-state index contributed by atoms with van der Waals surface area (Å²) in [4.78, 5) is -0.122. The van der Waals surface area contributed by atoms with E-state index in [1.807, 2.05) is 0 Å². The molecule has 2 atom stereocenters. The second-order valence-corrected chi connectivity index (χ2v) is 9.67. The van der Waals surface area contributed by atoms with Crippen molar-refractivity contribution in [3.63, 3.8) is 0 Å². The van der Waals surface area contributed by atoms with Crippen molar-refractivity contribution in [2.24, 2.45) is 0 Å². The third kappa shape index (κ3) is 5.64. The molecule has 0 N–H and O–H groups in total. The number of ether oxygens (including phenoxy) is 2. The average molecular weight is 448 g/mol. The molecule has 1 aliphatic heterocycles. The Labute approximate surface area is 160 Å². The van der Waals surface area contributed by atoms with E-state index in [9.17, 15) is 30.0 Å². The van der Waals surface area contributed by atoms with Gasteiger partial charge in [0.05, 0.1) is 18.1 Å². The van der Waals surface area contributed by atoms with Crippen LogP contribution >= 0.6 is 0 Å². The maximum atomic E-state index is 12.4. The molecule has 0 amide bonds. The van der Waals surface area contributed by atoms with Crippen LogP contribution in [-0.4, -0.2) is 53.6 Å². The van der Waals surface area contributed by atoms with Crippen molar-refractivity contribution in [1.29, 1.82) is 0 Å². The zero-order valence-corrected chi connectivity index (χ0v) is 16.7. The molecule has 0 aliphatic carbocycles. The van der Waals surface area contributed by atoms with Gasteiger partial charge in [-0.3, -0.25) is 8.37 Å².